The molecule has 0 spiro atoms. The van der Waals surface area contributed by atoms with Gasteiger partial charge in [-0.25, -0.2) is 15.0 Å². The van der Waals surface area contributed by atoms with E-state index in [1.54, 1.807) is 19.4 Å². The van der Waals surface area contributed by atoms with Crippen LogP contribution in [0.4, 0.5) is 0 Å². The van der Waals surface area contributed by atoms with Gasteiger partial charge in [-0.05, 0) is 32.0 Å². The number of benzene rings is 1. The molecule has 118 valence electrons. The van der Waals surface area contributed by atoms with Crippen LogP contribution in [0.1, 0.15) is 36.3 Å². The number of hydrazone groups is 1. The van der Waals surface area contributed by atoms with E-state index in [9.17, 15) is 4.79 Å². The largest absolute Gasteiger partial charge is 0.496 e. The van der Waals surface area contributed by atoms with Crippen LogP contribution in [0.15, 0.2) is 48.0 Å². The summed E-state index contributed by atoms with van der Waals surface area (Å²) in [4.78, 5) is 20.6. The summed E-state index contributed by atoms with van der Waals surface area (Å²) in [5, 5.41) is 6.05. The molecule has 0 unspecified atom stereocenters. The van der Waals surface area contributed by atoms with Crippen LogP contribution < -0.4 is 4.74 Å². The van der Waals surface area contributed by atoms with E-state index in [1.807, 2.05) is 38.1 Å². The van der Waals surface area contributed by atoms with E-state index in [0.717, 1.165) is 17.0 Å². The van der Waals surface area contributed by atoms with Crippen LogP contribution in [0, 0.1) is 0 Å². The lowest BCUT2D eigenvalue weighted by Gasteiger charge is -2.28. The van der Waals surface area contributed by atoms with Crippen LogP contribution in [0.5, 0.6) is 5.75 Å². The molecule has 0 saturated heterocycles. The van der Waals surface area contributed by atoms with Crippen molar-refractivity contribution in [2.45, 2.75) is 25.8 Å². The highest BCUT2D eigenvalue weighted by Gasteiger charge is 2.39. The number of hydrogen-bond acceptors (Lipinski definition) is 5. The first kappa shape index (κ1) is 15.1. The Balaban J connectivity index is 1.98. The summed E-state index contributed by atoms with van der Waals surface area (Å²) in [7, 11) is 1.63. The lowest BCUT2D eigenvalue weighted by molar-refractivity contribution is 0.0606. The Kier molecular flexibility index (Phi) is 3.82. The molecule has 0 radical (unpaired) electrons. The van der Waals surface area contributed by atoms with Crippen molar-refractivity contribution in [1.29, 1.82) is 0 Å². The van der Waals surface area contributed by atoms with Gasteiger partial charge in [0.1, 0.15) is 17.8 Å². The van der Waals surface area contributed by atoms with Crippen molar-refractivity contribution < 1.29 is 9.53 Å². The monoisotopic (exact) mass is 310 g/mol. The predicted octanol–water partition coefficient (Wildman–Crippen LogP) is 2.51. The summed E-state index contributed by atoms with van der Waals surface area (Å²) < 4.78 is 5.40. The molecule has 1 aliphatic heterocycles. The summed E-state index contributed by atoms with van der Waals surface area (Å²) in [5.41, 5.74) is 1.63. The molecule has 0 saturated carbocycles. The third-order valence-electron chi connectivity index (χ3n) is 3.81. The zero-order valence-electron chi connectivity index (χ0n) is 13.4. The Morgan fingerprint density at radius 1 is 1.26 bits per heavy atom. The zero-order chi connectivity index (χ0) is 16.4. The molecular formula is C17H18N4O2. The van der Waals surface area contributed by atoms with Crippen LogP contribution in [-0.4, -0.2) is 39.2 Å². The van der Waals surface area contributed by atoms with Gasteiger partial charge in [-0.3, -0.25) is 4.79 Å². The van der Waals surface area contributed by atoms with Crippen molar-refractivity contribution in [2.75, 3.05) is 7.11 Å². The normalized spacial score (nSPS) is 16.1. The minimum absolute atomic E-state index is 0.234. The molecule has 2 heterocycles. The van der Waals surface area contributed by atoms with Gasteiger partial charge in [0.05, 0.1) is 18.4 Å². The van der Waals surface area contributed by atoms with Crippen LogP contribution in [-0.2, 0) is 0 Å². The van der Waals surface area contributed by atoms with Crippen LogP contribution >= 0.6 is 0 Å². The average Bonchev–Trinajstić information content (AvgIpc) is 2.90. The first-order valence-corrected chi connectivity index (χ1v) is 7.34. The zero-order valence-corrected chi connectivity index (χ0v) is 13.4. The van der Waals surface area contributed by atoms with Gasteiger partial charge in [-0.2, -0.15) is 5.10 Å². The molecular weight excluding hydrogens is 292 g/mol. The maximum atomic E-state index is 12.7. The van der Waals surface area contributed by atoms with E-state index in [0.29, 0.717) is 12.1 Å². The second kappa shape index (κ2) is 5.79. The van der Waals surface area contributed by atoms with Gasteiger partial charge in [-0.15, -0.1) is 0 Å². The molecule has 1 aliphatic rings. The molecule has 6 heteroatoms. The second-order valence-electron chi connectivity index (χ2n) is 5.95. The minimum Gasteiger partial charge on any atom is -0.496 e. The van der Waals surface area contributed by atoms with Gasteiger partial charge in [0.2, 0.25) is 0 Å². The van der Waals surface area contributed by atoms with Crippen LogP contribution in [0.25, 0.3) is 0 Å². The maximum Gasteiger partial charge on any atom is 0.293 e. The number of aromatic nitrogens is 2. The van der Waals surface area contributed by atoms with Crippen molar-refractivity contribution in [3.8, 4) is 5.75 Å². The van der Waals surface area contributed by atoms with Gasteiger partial charge in [0, 0.05) is 18.2 Å². The molecule has 1 amide bonds. The molecule has 1 aromatic carbocycles. The van der Waals surface area contributed by atoms with Crippen molar-refractivity contribution in [1.82, 2.24) is 15.0 Å². The Hall–Kier alpha value is -2.76. The Morgan fingerprint density at radius 2 is 2.04 bits per heavy atom. The number of carbonyl (C=O) groups is 1. The fourth-order valence-electron chi connectivity index (χ4n) is 2.65. The molecule has 3 rings (SSSR count). The van der Waals surface area contributed by atoms with Crippen molar-refractivity contribution >= 4 is 11.6 Å². The molecule has 6 nitrogen and oxygen atoms in total. The molecule has 0 bridgehead atoms. The number of carbonyl (C=O) groups excluding carboxylic acids is 1. The van der Waals surface area contributed by atoms with Gasteiger partial charge in [0.15, 0.2) is 0 Å². The molecule has 0 N–H and O–H groups in total. The predicted molar refractivity (Wildman–Crippen MR) is 86.4 cm³/mol. The Labute approximate surface area is 134 Å². The van der Waals surface area contributed by atoms with Crippen molar-refractivity contribution in [3.05, 3.63) is 54.1 Å². The van der Waals surface area contributed by atoms with Gasteiger partial charge < -0.3 is 4.74 Å². The lowest BCUT2D eigenvalue weighted by Crippen LogP contribution is -2.41. The number of para-hydroxylation sites is 1. The first-order chi connectivity index (χ1) is 11.0. The number of nitrogens with zero attached hydrogens (tertiary/aromatic N) is 4. The first-order valence-electron chi connectivity index (χ1n) is 7.34. The number of hydrogen-bond donors (Lipinski definition) is 0. The standard InChI is InChI=1S/C17H18N4O2/c1-17(2)10-14(12-6-4-5-7-15(12)23-3)20-21(17)16(22)13-8-9-18-11-19-13/h4-9,11H,10H2,1-3H3. The average molecular weight is 310 g/mol. The van der Waals surface area contributed by atoms with E-state index in [4.69, 9.17) is 4.74 Å². The Morgan fingerprint density at radius 3 is 2.74 bits per heavy atom. The molecule has 1 aromatic heterocycles. The minimum atomic E-state index is -0.432. The quantitative estimate of drug-likeness (QED) is 0.873. The highest BCUT2D eigenvalue weighted by Crippen LogP contribution is 2.33. The van der Waals surface area contributed by atoms with E-state index >= 15 is 0 Å². The maximum absolute atomic E-state index is 12.7. The third kappa shape index (κ3) is 2.79. The summed E-state index contributed by atoms with van der Waals surface area (Å²) in [6, 6.07) is 9.27. The fraction of sp³-hybridized carbons (Fsp3) is 0.294. The summed E-state index contributed by atoms with van der Waals surface area (Å²) in [5.74, 6) is 0.515. The molecule has 0 fully saturated rings. The summed E-state index contributed by atoms with van der Waals surface area (Å²) in [6.45, 7) is 3.97. The number of rotatable bonds is 3. The second-order valence-corrected chi connectivity index (χ2v) is 5.95. The molecule has 0 atom stereocenters. The Bertz CT molecular complexity index is 756. The van der Waals surface area contributed by atoms with E-state index < -0.39 is 5.54 Å². The molecule has 23 heavy (non-hydrogen) atoms. The van der Waals surface area contributed by atoms with E-state index in [-0.39, 0.29) is 5.91 Å². The summed E-state index contributed by atoms with van der Waals surface area (Å²) >= 11 is 0. The number of ether oxygens (including phenoxy) is 1. The topological polar surface area (TPSA) is 67.7 Å². The van der Waals surface area contributed by atoms with Crippen molar-refractivity contribution in [2.24, 2.45) is 5.10 Å². The molecule has 0 aliphatic carbocycles. The number of amides is 1. The van der Waals surface area contributed by atoms with Gasteiger partial charge in [-0.1, -0.05) is 12.1 Å². The lowest BCUT2D eigenvalue weighted by atomic mass is 9.94. The highest BCUT2D eigenvalue weighted by atomic mass is 16.5. The van der Waals surface area contributed by atoms with Crippen LogP contribution in [0.2, 0.25) is 0 Å². The SMILES string of the molecule is COc1ccccc1C1=NN(C(=O)c2ccncn2)C(C)(C)C1. The molecule has 2 aromatic rings. The summed E-state index contributed by atoms with van der Waals surface area (Å²) in [6.07, 6.45) is 3.56. The van der Waals surface area contributed by atoms with E-state index in [1.165, 1.54) is 11.3 Å². The highest BCUT2D eigenvalue weighted by molar-refractivity contribution is 6.06. The third-order valence-corrected chi connectivity index (χ3v) is 3.81. The van der Waals surface area contributed by atoms with Crippen LogP contribution in [0.3, 0.4) is 0 Å². The van der Waals surface area contributed by atoms with Gasteiger partial charge >= 0.3 is 0 Å². The van der Waals surface area contributed by atoms with Gasteiger partial charge in [0.25, 0.3) is 5.91 Å². The fourth-order valence-corrected chi connectivity index (χ4v) is 2.65. The van der Waals surface area contributed by atoms with E-state index in [2.05, 4.69) is 15.1 Å². The van der Waals surface area contributed by atoms with Crippen molar-refractivity contribution in [3.63, 3.8) is 0 Å². The number of methoxy groups -OCH3 is 1. The smallest absolute Gasteiger partial charge is 0.293 e.